The standard InChI is InChI=1S/C19H22N6O3/c1-4-14-11(2)23-25-16(26)7-15(22-17(14)25)12-5-6-24(10-12)18(27)13-8-20-19(28-3)21-9-13/h7-9,12,23H,4-6,10H2,1-3H3. The number of H-pyrrole nitrogens is 1. The SMILES string of the molecule is CCc1c(C)[nH]n2c(=O)cc(C3CCN(C(=O)c4cnc(OC)nc4)C3)nc12. The van der Waals surface area contributed by atoms with Crippen LogP contribution >= 0.6 is 0 Å². The maximum atomic E-state index is 12.7. The molecule has 4 rings (SSSR count). The molecule has 146 valence electrons. The van der Waals surface area contributed by atoms with Crippen molar-refractivity contribution in [2.24, 2.45) is 0 Å². The van der Waals surface area contributed by atoms with Gasteiger partial charge in [-0.05, 0) is 19.8 Å². The lowest BCUT2D eigenvalue weighted by Gasteiger charge is -2.16. The predicted molar refractivity (Wildman–Crippen MR) is 102 cm³/mol. The first-order chi connectivity index (χ1) is 13.5. The van der Waals surface area contributed by atoms with Gasteiger partial charge in [-0.2, -0.15) is 0 Å². The van der Waals surface area contributed by atoms with E-state index in [0.717, 1.165) is 29.8 Å². The quantitative estimate of drug-likeness (QED) is 0.730. The van der Waals surface area contributed by atoms with Gasteiger partial charge in [-0.1, -0.05) is 6.92 Å². The van der Waals surface area contributed by atoms with Crippen LogP contribution in [0.1, 0.15) is 46.6 Å². The number of carbonyl (C=O) groups excluding carboxylic acids is 1. The molecule has 9 nitrogen and oxygen atoms in total. The maximum absolute atomic E-state index is 12.7. The van der Waals surface area contributed by atoms with Gasteiger partial charge in [-0.15, -0.1) is 0 Å². The van der Waals surface area contributed by atoms with Crippen molar-refractivity contribution in [1.82, 2.24) is 29.5 Å². The average Bonchev–Trinajstić information content (AvgIpc) is 3.32. The van der Waals surface area contributed by atoms with Crippen molar-refractivity contribution in [2.45, 2.75) is 32.6 Å². The van der Waals surface area contributed by atoms with E-state index in [1.807, 2.05) is 13.8 Å². The number of amides is 1. The Morgan fingerprint density at radius 2 is 2.11 bits per heavy atom. The lowest BCUT2D eigenvalue weighted by Crippen LogP contribution is -2.29. The van der Waals surface area contributed by atoms with Gasteiger partial charge in [-0.25, -0.2) is 19.5 Å². The first-order valence-corrected chi connectivity index (χ1v) is 9.28. The summed E-state index contributed by atoms with van der Waals surface area (Å²) in [7, 11) is 1.48. The van der Waals surface area contributed by atoms with Gasteiger partial charge in [0, 0.05) is 48.7 Å². The predicted octanol–water partition coefficient (Wildman–Crippen LogP) is 1.32. The number of likely N-dealkylation sites (tertiary alicyclic amines) is 1. The second kappa shape index (κ2) is 7.06. The highest BCUT2D eigenvalue weighted by molar-refractivity contribution is 5.93. The van der Waals surface area contributed by atoms with Crippen molar-refractivity contribution in [3.8, 4) is 6.01 Å². The molecule has 1 aliphatic heterocycles. The average molecular weight is 382 g/mol. The number of rotatable bonds is 4. The number of aromatic nitrogens is 5. The highest BCUT2D eigenvalue weighted by Gasteiger charge is 2.30. The summed E-state index contributed by atoms with van der Waals surface area (Å²) in [5, 5.41) is 3.07. The third-order valence-electron chi connectivity index (χ3n) is 5.25. The van der Waals surface area contributed by atoms with Crippen molar-refractivity contribution in [3.05, 3.63) is 51.3 Å². The van der Waals surface area contributed by atoms with Crippen molar-refractivity contribution < 1.29 is 9.53 Å². The molecule has 4 heterocycles. The fraction of sp³-hybridized carbons (Fsp3) is 0.421. The zero-order valence-corrected chi connectivity index (χ0v) is 16.1. The number of hydrogen-bond donors (Lipinski definition) is 1. The topological polar surface area (TPSA) is 105 Å². The minimum Gasteiger partial charge on any atom is -0.467 e. The van der Waals surface area contributed by atoms with Gasteiger partial charge in [0.25, 0.3) is 11.5 Å². The van der Waals surface area contributed by atoms with Gasteiger partial charge >= 0.3 is 6.01 Å². The molecule has 1 N–H and O–H groups in total. The number of nitrogens with zero attached hydrogens (tertiary/aromatic N) is 5. The van der Waals surface area contributed by atoms with Crippen LogP contribution in [0, 0.1) is 6.92 Å². The zero-order valence-electron chi connectivity index (χ0n) is 16.1. The number of methoxy groups -OCH3 is 1. The van der Waals surface area contributed by atoms with E-state index in [1.54, 1.807) is 11.0 Å². The molecule has 1 fully saturated rings. The van der Waals surface area contributed by atoms with Crippen LogP contribution in [0.15, 0.2) is 23.3 Å². The highest BCUT2D eigenvalue weighted by atomic mass is 16.5. The second-order valence-corrected chi connectivity index (χ2v) is 6.94. The van der Waals surface area contributed by atoms with E-state index in [0.29, 0.717) is 24.3 Å². The molecule has 0 saturated carbocycles. The van der Waals surface area contributed by atoms with Gasteiger partial charge in [0.2, 0.25) is 0 Å². The van der Waals surface area contributed by atoms with Gasteiger partial charge < -0.3 is 9.64 Å². The molecule has 0 spiro atoms. The zero-order chi connectivity index (χ0) is 19.8. The summed E-state index contributed by atoms with van der Waals surface area (Å²) in [6, 6.07) is 1.79. The van der Waals surface area contributed by atoms with E-state index in [4.69, 9.17) is 9.72 Å². The van der Waals surface area contributed by atoms with E-state index in [9.17, 15) is 9.59 Å². The molecule has 1 amide bonds. The number of aromatic amines is 1. The van der Waals surface area contributed by atoms with Crippen molar-refractivity contribution in [3.63, 3.8) is 0 Å². The molecule has 9 heteroatoms. The number of hydrogen-bond acceptors (Lipinski definition) is 6. The van der Waals surface area contributed by atoms with Crippen LogP contribution in [-0.4, -0.2) is 55.6 Å². The van der Waals surface area contributed by atoms with Crippen LogP contribution in [0.4, 0.5) is 0 Å². The lowest BCUT2D eigenvalue weighted by molar-refractivity contribution is 0.0789. The van der Waals surface area contributed by atoms with Crippen LogP contribution < -0.4 is 10.3 Å². The monoisotopic (exact) mass is 382 g/mol. The first kappa shape index (κ1) is 18.1. The Hall–Kier alpha value is -3.23. The van der Waals surface area contributed by atoms with Gasteiger partial charge in [0.15, 0.2) is 5.65 Å². The van der Waals surface area contributed by atoms with Crippen LogP contribution in [-0.2, 0) is 6.42 Å². The summed E-state index contributed by atoms with van der Waals surface area (Å²) in [6.07, 6.45) is 4.49. The molecule has 0 aromatic carbocycles. The Bertz CT molecular complexity index is 1090. The number of carbonyl (C=O) groups is 1. The van der Waals surface area contributed by atoms with E-state index in [-0.39, 0.29) is 23.4 Å². The second-order valence-electron chi connectivity index (χ2n) is 6.94. The van der Waals surface area contributed by atoms with E-state index < -0.39 is 0 Å². The Morgan fingerprint density at radius 3 is 2.79 bits per heavy atom. The summed E-state index contributed by atoms with van der Waals surface area (Å²) in [6.45, 7) is 5.10. The molecule has 3 aromatic rings. The van der Waals surface area contributed by atoms with E-state index in [1.165, 1.54) is 24.0 Å². The smallest absolute Gasteiger partial charge is 0.316 e. The Morgan fingerprint density at radius 1 is 1.36 bits per heavy atom. The fourth-order valence-corrected chi connectivity index (χ4v) is 3.75. The molecular formula is C19H22N6O3. The number of nitrogens with one attached hydrogen (secondary N) is 1. The Kier molecular flexibility index (Phi) is 4.58. The summed E-state index contributed by atoms with van der Waals surface area (Å²) in [4.78, 5) is 39.7. The van der Waals surface area contributed by atoms with Crippen molar-refractivity contribution >= 4 is 11.6 Å². The molecule has 0 aliphatic carbocycles. The first-order valence-electron chi connectivity index (χ1n) is 9.28. The molecule has 1 aliphatic rings. The summed E-state index contributed by atoms with van der Waals surface area (Å²) in [5.41, 5.74) is 3.69. The number of fused-ring (bicyclic) bond motifs is 1. The minimum atomic E-state index is -0.130. The van der Waals surface area contributed by atoms with Gasteiger partial charge in [0.05, 0.1) is 18.4 Å². The molecule has 1 saturated heterocycles. The molecule has 0 radical (unpaired) electrons. The number of aryl methyl sites for hydroxylation is 2. The highest BCUT2D eigenvalue weighted by Crippen LogP contribution is 2.27. The summed E-state index contributed by atoms with van der Waals surface area (Å²) >= 11 is 0. The van der Waals surface area contributed by atoms with Crippen LogP contribution in [0.25, 0.3) is 5.65 Å². The van der Waals surface area contributed by atoms with Gasteiger partial charge in [0.1, 0.15) is 0 Å². The lowest BCUT2D eigenvalue weighted by atomic mass is 10.0. The fourth-order valence-electron chi connectivity index (χ4n) is 3.75. The Balaban J connectivity index is 1.58. The van der Waals surface area contributed by atoms with Gasteiger partial charge in [-0.3, -0.25) is 14.7 Å². The van der Waals surface area contributed by atoms with Crippen molar-refractivity contribution in [1.29, 1.82) is 0 Å². The van der Waals surface area contributed by atoms with Crippen LogP contribution in [0.3, 0.4) is 0 Å². The van der Waals surface area contributed by atoms with Crippen molar-refractivity contribution in [2.75, 3.05) is 20.2 Å². The largest absolute Gasteiger partial charge is 0.467 e. The van der Waals surface area contributed by atoms with Crippen LogP contribution in [0.5, 0.6) is 6.01 Å². The molecule has 0 bridgehead atoms. The summed E-state index contributed by atoms with van der Waals surface area (Å²) in [5.74, 6) is -0.101. The Labute approximate surface area is 161 Å². The normalized spacial score (nSPS) is 16.7. The molecule has 3 aromatic heterocycles. The molecule has 1 atom stereocenters. The minimum absolute atomic E-state index is 0.0285. The molecule has 28 heavy (non-hydrogen) atoms. The van der Waals surface area contributed by atoms with E-state index >= 15 is 0 Å². The number of ether oxygens (including phenoxy) is 1. The maximum Gasteiger partial charge on any atom is 0.316 e. The van der Waals surface area contributed by atoms with E-state index in [2.05, 4.69) is 15.1 Å². The third-order valence-corrected chi connectivity index (χ3v) is 5.25. The summed E-state index contributed by atoms with van der Waals surface area (Å²) < 4.78 is 6.42. The molecule has 1 unspecified atom stereocenters. The molecular weight excluding hydrogens is 360 g/mol. The van der Waals surface area contributed by atoms with Crippen LogP contribution in [0.2, 0.25) is 0 Å². The third kappa shape index (κ3) is 3.02.